The van der Waals surface area contributed by atoms with Crippen molar-refractivity contribution < 1.29 is 4.42 Å². The molecule has 1 nitrogen and oxygen atoms in total. The molecule has 1 heteroatoms. The predicted octanol–water partition coefficient (Wildman–Crippen LogP) is 4.55. The van der Waals surface area contributed by atoms with E-state index in [1.165, 1.54) is 27.8 Å². The molecule has 1 unspecified atom stereocenters. The summed E-state index contributed by atoms with van der Waals surface area (Å²) in [7, 11) is 0. The lowest BCUT2D eigenvalue weighted by Gasteiger charge is -2.09. The second-order valence-electron chi connectivity index (χ2n) is 4.82. The Morgan fingerprint density at radius 3 is 2.53 bits per heavy atom. The van der Waals surface area contributed by atoms with E-state index in [2.05, 4.69) is 51.1 Å². The lowest BCUT2D eigenvalue weighted by atomic mass is 9.95. The van der Waals surface area contributed by atoms with Crippen LogP contribution in [0.1, 0.15) is 40.9 Å². The van der Waals surface area contributed by atoms with Gasteiger partial charge in [-0.1, -0.05) is 31.2 Å². The molecule has 0 N–H and O–H groups in total. The number of aryl methyl sites for hydroxylation is 1. The van der Waals surface area contributed by atoms with E-state index >= 15 is 0 Å². The second-order valence-corrected chi connectivity index (χ2v) is 4.82. The average molecular weight is 224 g/mol. The summed E-state index contributed by atoms with van der Waals surface area (Å²) >= 11 is 0. The molecule has 0 amide bonds. The Kier molecular flexibility index (Phi) is 2.22. The molecule has 0 fully saturated rings. The van der Waals surface area contributed by atoms with Gasteiger partial charge in [0, 0.05) is 11.5 Å². The van der Waals surface area contributed by atoms with E-state index < -0.39 is 0 Å². The zero-order chi connectivity index (χ0) is 12.0. The molecule has 0 saturated carbocycles. The highest BCUT2D eigenvalue weighted by molar-refractivity contribution is 5.90. The molecule has 86 valence electrons. The SMILES string of the molecule is Cc1coc(C2=Cc3ccccc3C2C)c1C. The zero-order valence-electron chi connectivity index (χ0n) is 10.4. The summed E-state index contributed by atoms with van der Waals surface area (Å²) in [6.07, 6.45) is 4.10. The van der Waals surface area contributed by atoms with E-state index in [1.54, 1.807) is 0 Å². The first-order chi connectivity index (χ1) is 8.18. The third kappa shape index (κ3) is 1.46. The van der Waals surface area contributed by atoms with Gasteiger partial charge in [-0.15, -0.1) is 0 Å². The van der Waals surface area contributed by atoms with Gasteiger partial charge in [0.2, 0.25) is 0 Å². The Labute approximate surface area is 102 Å². The molecule has 0 bridgehead atoms. The lowest BCUT2D eigenvalue weighted by molar-refractivity contribution is 0.546. The number of furan rings is 1. The number of rotatable bonds is 1. The van der Waals surface area contributed by atoms with Crippen LogP contribution in [0.4, 0.5) is 0 Å². The van der Waals surface area contributed by atoms with Crippen molar-refractivity contribution in [3.8, 4) is 0 Å². The molecule has 0 aliphatic heterocycles. The number of hydrogen-bond donors (Lipinski definition) is 0. The molecule has 1 aromatic carbocycles. The molecule has 0 radical (unpaired) electrons. The van der Waals surface area contributed by atoms with Crippen molar-refractivity contribution in [2.24, 2.45) is 0 Å². The average Bonchev–Trinajstić information content (AvgIpc) is 2.83. The Morgan fingerprint density at radius 1 is 1.12 bits per heavy atom. The quantitative estimate of drug-likeness (QED) is 0.692. The fourth-order valence-electron chi connectivity index (χ4n) is 2.55. The van der Waals surface area contributed by atoms with Crippen molar-refractivity contribution in [2.75, 3.05) is 0 Å². The molecule has 1 aliphatic carbocycles. The third-order valence-corrected chi connectivity index (χ3v) is 3.79. The normalized spacial score (nSPS) is 18.1. The molecular weight excluding hydrogens is 208 g/mol. The van der Waals surface area contributed by atoms with Gasteiger partial charge in [0.05, 0.1) is 6.26 Å². The first kappa shape index (κ1) is 10.4. The van der Waals surface area contributed by atoms with Crippen LogP contribution in [0.15, 0.2) is 34.9 Å². The van der Waals surface area contributed by atoms with Crippen LogP contribution in [-0.2, 0) is 0 Å². The highest BCUT2D eigenvalue weighted by Crippen LogP contribution is 2.42. The number of allylic oxidation sites excluding steroid dienone is 1. The van der Waals surface area contributed by atoms with Gasteiger partial charge in [0.1, 0.15) is 5.76 Å². The van der Waals surface area contributed by atoms with E-state index in [0.29, 0.717) is 5.92 Å². The third-order valence-electron chi connectivity index (χ3n) is 3.79. The van der Waals surface area contributed by atoms with Crippen molar-refractivity contribution in [1.29, 1.82) is 0 Å². The first-order valence-electron chi connectivity index (χ1n) is 6.04. The maximum Gasteiger partial charge on any atom is 0.133 e. The van der Waals surface area contributed by atoms with Crippen LogP contribution in [0.2, 0.25) is 0 Å². The van der Waals surface area contributed by atoms with Crippen LogP contribution in [0.3, 0.4) is 0 Å². The molecular formula is C16H16O. The Morgan fingerprint density at radius 2 is 1.88 bits per heavy atom. The fourth-order valence-corrected chi connectivity index (χ4v) is 2.55. The van der Waals surface area contributed by atoms with Gasteiger partial charge in [-0.2, -0.15) is 0 Å². The Bertz CT molecular complexity index is 602. The summed E-state index contributed by atoms with van der Waals surface area (Å²) in [4.78, 5) is 0. The minimum atomic E-state index is 0.426. The van der Waals surface area contributed by atoms with Crippen molar-refractivity contribution in [3.63, 3.8) is 0 Å². The Balaban J connectivity index is 2.12. The predicted molar refractivity (Wildman–Crippen MR) is 70.9 cm³/mol. The van der Waals surface area contributed by atoms with Crippen LogP contribution in [0.5, 0.6) is 0 Å². The zero-order valence-corrected chi connectivity index (χ0v) is 10.4. The van der Waals surface area contributed by atoms with Crippen LogP contribution in [-0.4, -0.2) is 0 Å². The molecule has 1 atom stereocenters. The summed E-state index contributed by atoms with van der Waals surface area (Å²) < 4.78 is 5.71. The van der Waals surface area contributed by atoms with Gasteiger partial charge < -0.3 is 4.42 Å². The summed E-state index contributed by atoms with van der Waals surface area (Å²) in [5, 5.41) is 0. The van der Waals surface area contributed by atoms with Crippen LogP contribution < -0.4 is 0 Å². The first-order valence-corrected chi connectivity index (χ1v) is 6.04. The molecule has 2 aromatic rings. The summed E-state index contributed by atoms with van der Waals surface area (Å²) in [6.45, 7) is 6.47. The van der Waals surface area contributed by atoms with Gasteiger partial charge >= 0.3 is 0 Å². The molecule has 1 aliphatic rings. The molecule has 0 spiro atoms. The van der Waals surface area contributed by atoms with E-state index in [1.807, 2.05) is 6.26 Å². The van der Waals surface area contributed by atoms with E-state index in [4.69, 9.17) is 4.42 Å². The topological polar surface area (TPSA) is 13.1 Å². The van der Waals surface area contributed by atoms with E-state index in [0.717, 1.165) is 5.76 Å². The summed E-state index contributed by atoms with van der Waals surface area (Å²) in [6, 6.07) is 8.57. The van der Waals surface area contributed by atoms with Crippen LogP contribution in [0.25, 0.3) is 11.6 Å². The van der Waals surface area contributed by atoms with E-state index in [-0.39, 0.29) is 0 Å². The van der Waals surface area contributed by atoms with Gasteiger partial charge in [0.25, 0.3) is 0 Å². The highest BCUT2D eigenvalue weighted by atomic mass is 16.3. The van der Waals surface area contributed by atoms with Gasteiger partial charge in [-0.25, -0.2) is 0 Å². The maximum absolute atomic E-state index is 5.71. The van der Waals surface area contributed by atoms with Crippen LogP contribution in [0, 0.1) is 13.8 Å². The fraction of sp³-hybridized carbons (Fsp3) is 0.250. The summed E-state index contributed by atoms with van der Waals surface area (Å²) in [5.41, 5.74) is 6.51. The maximum atomic E-state index is 5.71. The number of hydrogen-bond acceptors (Lipinski definition) is 1. The second kappa shape index (κ2) is 3.63. The summed E-state index contributed by atoms with van der Waals surface area (Å²) in [5.74, 6) is 1.47. The van der Waals surface area contributed by atoms with Crippen molar-refractivity contribution >= 4 is 11.6 Å². The largest absolute Gasteiger partial charge is 0.464 e. The minimum Gasteiger partial charge on any atom is -0.464 e. The van der Waals surface area contributed by atoms with Crippen molar-refractivity contribution in [3.05, 3.63) is 58.5 Å². The molecule has 17 heavy (non-hydrogen) atoms. The Hall–Kier alpha value is -1.76. The number of benzene rings is 1. The van der Waals surface area contributed by atoms with Crippen molar-refractivity contribution in [1.82, 2.24) is 0 Å². The molecule has 0 saturated heterocycles. The van der Waals surface area contributed by atoms with Gasteiger partial charge in [0.15, 0.2) is 0 Å². The monoisotopic (exact) mass is 224 g/mol. The van der Waals surface area contributed by atoms with Gasteiger partial charge in [-0.3, -0.25) is 0 Å². The molecule has 3 rings (SSSR count). The molecule has 1 heterocycles. The number of fused-ring (bicyclic) bond motifs is 1. The van der Waals surface area contributed by atoms with Gasteiger partial charge in [-0.05, 0) is 42.2 Å². The smallest absolute Gasteiger partial charge is 0.133 e. The lowest BCUT2D eigenvalue weighted by Crippen LogP contribution is -1.93. The minimum absolute atomic E-state index is 0.426. The molecule has 1 aromatic heterocycles. The van der Waals surface area contributed by atoms with E-state index in [9.17, 15) is 0 Å². The standard InChI is InChI=1S/C16H16O/c1-10-9-17-16(11(10)2)15-8-13-6-4-5-7-14(13)12(15)3/h4-9,12H,1-3H3. The van der Waals surface area contributed by atoms with Crippen molar-refractivity contribution in [2.45, 2.75) is 26.7 Å². The van der Waals surface area contributed by atoms with Crippen LogP contribution >= 0.6 is 0 Å². The highest BCUT2D eigenvalue weighted by Gasteiger charge is 2.25.